The Morgan fingerprint density at radius 1 is 1.53 bits per heavy atom. The van der Waals surface area contributed by atoms with Crippen molar-refractivity contribution in [1.29, 1.82) is 0 Å². The normalized spacial score (nSPS) is 17.0. The van der Waals surface area contributed by atoms with Gasteiger partial charge in [0.2, 0.25) is 0 Å². The summed E-state index contributed by atoms with van der Waals surface area (Å²) in [5, 5.41) is 0. The second-order valence-electron chi connectivity index (χ2n) is 4.24. The van der Waals surface area contributed by atoms with Crippen molar-refractivity contribution in [2.75, 3.05) is 13.2 Å². The fourth-order valence-electron chi connectivity index (χ4n) is 0.992. The van der Waals surface area contributed by atoms with Gasteiger partial charge in [-0.3, -0.25) is 9.69 Å². The minimum atomic E-state index is -0.568. The summed E-state index contributed by atoms with van der Waals surface area (Å²) in [5.74, 6) is -0.161. The van der Waals surface area contributed by atoms with Gasteiger partial charge in [-0.1, -0.05) is 0 Å². The Morgan fingerprint density at radius 3 is 2.80 bits per heavy atom. The van der Waals surface area contributed by atoms with Crippen LogP contribution in [-0.4, -0.2) is 35.5 Å². The highest BCUT2D eigenvalue weighted by molar-refractivity contribution is 5.85. The standard InChI is InChI=1S/C10H15NO4/c1-10(2,3)15-9(13)11-4-5-14-7-8(12)6-11/h4-5H,6-7H2,1-3H3. The average Bonchev–Trinajstić information content (AvgIpc) is 2.26. The van der Waals surface area contributed by atoms with Crippen LogP contribution in [0, 0.1) is 0 Å². The number of carbonyl (C=O) groups excluding carboxylic acids is 2. The monoisotopic (exact) mass is 213 g/mol. The van der Waals surface area contributed by atoms with E-state index >= 15 is 0 Å². The molecule has 1 rings (SSSR count). The van der Waals surface area contributed by atoms with Crippen LogP contribution in [0.15, 0.2) is 12.5 Å². The van der Waals surface area contributed by atoms with Crippen molar-refractivity contribution in [1.82, 2.24) is 4.90 Å². The van der Waals surface area contributed by atoms with E-state index in [1.165, 1.54) is 17.4 Å². The molecule has 0 aromatic carbocycles. The third-order valence-electron chi connectivity index (χ3n) is 1.56. The molecule has 84 valence electrons. The molecule has 0 bridgehead atoms. The predicted molar refractivity (Wildman–Crippen MR) is 53.0 cm³/mol. The Morgan fingerprint density at radius 2 is 2.20 bits per heavy atom. The van der Waals surface area contributed by atoms with E-state index in [0.29, 0.717) is 0 Å². The van der Waals surface area contributed by atoms with Crippen LogP contribution in [0.1, 0.15) is 20.8 Å². The van der Waals surface area contributed by atoms with E-state index in [2.05, 4.69) is 0 Å². The van der Waals surface area contributed by atoms with Crippen LogP contribution in [-0.2, 0) is 14.3 Å². The SMILES string of the molecule is CC(C)(C)OC(=O)N1C=COCC(=O)C1. The van der Waals surface area contributed by atoms with Gasteiger partial charge in [-0.25, -0.2) is 4.79 Å². The minimum Gasteiger partial charge on any atom is -0.492 e. The summed E-state index contributed by atoms with van der Waals surface area (Å²) in [5.41, 5.74) is -0.568. The number of ketones is 1. The molecule has 0 spiro atoms. The number of ether oxygens (including phenoxy) is 2. The Balaban J connectivity index is 2.61. The Hall–Kier alpha value is -1.52. The Bertz CT molecular complexity index is 290. The van der Waals surface area contributed by atoms with Crippen LogP contribution in [0.5, 0.6) is 0 Å². The highest BCUT2D eigenvalue weighted by Gasteiger charge is 2.23. The van der Waals surface area contributed by atoms with Crippen LogP contribution in [0.25, 0.3) is 0 Å². The van der Waals surface area contributed by atoms with Gasteiger partial charge in [-0.05, 0) is 20.8 Å². The van der Waals surface area contributed by atoms with Crippen molar-refractivity contribution in [3.8, 4) is 0 Å². The Labute approximate surface area is 88.6 Å². The summed E-state index contributed by atoms with van der Waals surface area (Å²) >= 11 is 0. The molecule has 1 aliphatic heterocycles. The van der Waals surface area contributed by atoms with Crippen LogP contribution >= 0.6 is 0 Å². The lowest BCUT2D eigenvalue weighted by molar-refractivity contribution is -0.121. The van der Waals surface area contributed by atoms with E-state index in [0.717, 1.165) is 0 Å². The number of Topliss-reactive ketones (excluding diaryl/α,β-unsaturated/α-hetero) is 1. The van der Waals surface area contributed by atoms with E-state index in [9.17, 15) is 9.59 Å². The van der Waals surface area contributed by atoms with Gasteiger partial charge in [0.1, 0.15) is 12.2 Å². The third kappa shape index (κ3) is 4.01. The van der Waals surface area contributed by atoms with Crippen molar-refractivity contribution >= 4 is 11.9 Å². The molecule has 0 atom stereocenters. The van der Waals surface area contributed by atoms with Crippen molar-refractivity contribution < 1.29 is 19.1 Å². The number of rotatable bonds is 0. The lowest BCUT2D eigenvalue weighted by Crippen LogP contribution is -2.36. The molecule has 0 unspecified atom stereocenters. The molecule has 0 fully saturated rings. The van der Waals surface area contributed by atoms with E-state index < -0.39 is 11.7 Å². The topological polar surface area (TPSA) is 55.8 Å². The van der Waals surface area contributed by atoms with Gasteiger partial charge in [-0.2, -0.15) is 0 Å². The van der Waals surface area contributed by atoms with Gasteiger partial charge in [0.05, 0.1) is 12.8 Å². The molecule has 1 heterocycles. The maximum Gasteiger partial charge on any atom is 0.414 e. The first kappa shape index (κ1) is 11.6. The van der Waals surface area contributed by atoms with Gasteiger partial charge >= 0.3 is 6.09 Å². The lowest BCUT2D eigenvalue weighted by Gasteiger charge is -2.23. The molecule has 0 saturated heterocycles. The molecule has 0 aromatic rings. The second kappa shape index (κ2) is 4.33. The average molecular weight is 213 g/mol. The molecule has 0 radical (unpaired) electrons. The molecule has 5 nitrogen and oxygen atoms in total. The van der Waals surface area contributed by atoms with Gasteiger partial charge in [0.15, 0.2) is 5.78 Å². The first-order valence-corrected chi connectivity index (χ1v) is 4.68. The van der Waals surface area contributed by atoms with Gasteiger partial charge in [0, 0.05) is 6.20 Å². The summed E-state index contributed by atoms with van der Waals surface area (Å²) < 4.78 is 9.95. The van der Waals surface area contributed by atoms with Crippen LogP contribution in [0.2, 0.25) is 0 Å². The fourth-order valence-corrected chi connectivity index (χ4v) is 0.992. The highest BCUT2D eigenvalue weighted by Crippen LogP contribution is 2.11. The molecule has 0 saturated carbocycles. The van der Waals surface area contributed by atoms with Gasteiger partial charge in [0.25, 0.3) is 0 Å². The summed E-state index contributed by atoms with van der Waals surface area (Å²) in [6.07, 6.45) is 2.17. The maximum atomic E-state index is 11.6. The molecule has 15 heavy (non-hydrogen) atoms. The molecule has 0 aliphatic carbocycles. The molecule has 0 N–H and O–H groups in total. The van der Waals surface area contributed by atoms with Crippen molar-refractivity contribution in [3.63, 3.8) is 0 Å². The summed E-state index contributed by atoms with van der Waals surface area (Å²) in [6.45, 7) is 5.29. The first-order chi connectivity index (χ1) is 6.88. The van der Waals surface area contributed by atoms with Crippen LogP contribution in [0.4, 0.5) is 4.79 Å². The van der Waals surface area contributed by atoms with Gasteiger partial charge < -0.3 is 9.47 Å². The maximum absolute atomic E-state index is 11.6. The number of amides is 1. The van der Waals surface area contributed by atoms with Crippen molar-refractivity contribution in [3.05, 3.63) is 12.5 Å². The summed E-state index contributed by atoms with van der Waals surface area (Å²) in [4.78, 5) is 23.9. The van der Waals surface area contributed by atoms with Gasteiger partial charge in [-0.15, -0.1) is 0 Å². The van der Waals surface area contributed by atoms with E-state index in [4.69, 9.17) is 9.47 Å². The molecule has 5 heteroatoms. The Kier molecular flexibility index (Phi) is 3.34. The third-order valence-corrected chi connectivity index (χ3v) is 1.56. The number of carbonyl (C=O) groups is 2. The zero-order valence-electron chi connectivity index (χ0n) is 9.15. The number of nitrogens with zero attached hydrogens (tertiary/aromatic N) is 1. The molecular weight excluding hydrogens is 198 g/mol. The predicted octanol–water partition coefficient (Wildman–Crippen LogP) is 1.29. The highest BCUT2D eigenvalue weighted by atomic mass is 16.6. The molecule has 1 aliphatic rings. The summed E-state index contributed by atoms with van der Waals surface area (Å²) in [6, 6.07) is 0. The zero-order valence-corrected chi connectivity index (χ0v) is 9.15. The van der Waals surface area contributed by atoms with E-state index in [1.54, 1.807) is 20.8 Å². The number of hydrogen-bond donors (Lipinski definition) is 0. The zero-order chi connectivity index (χ0) is 11.5. The fraction of sp³-hybridized carbons (Fsp3) is 0.600. The largest absolute Gasteiger partial charge is 0.492 e. The minimum absolute atomic E-state index is 0.00417. The van der Waals surface area contributed by atoms with Crippen LogP contribution < -0.4 is 0 Å². The number of hydrogen-bond acceptors (Lipinski definition) is 4. The molecule has 1 amide bonds. The smallest absolute Gasteiger partial charge is 0.414 e. The van der Waals surface area contributed by atoms with Crippen LogP contribution in [0.3, 0.4) is 0 Å². The first-order valence-electron chi connectivity index (χ1n) is 4.68. The van der Waals surface area contributed by atoms with E-state index in [1.807, 2.05) is 0 Å². The molecule has 0 aromatic heterocycles. The molecular formula is C10H15NO4. The second-order valence-corrected chi connectivity index (χ2v) is 4.24. The quantitative estimate of drug-likeness (QED) is 0.608. The van der Waals surface area contributed by atoms with Crippen molar-refractivity contribution in [2.45, 2.75) is 26.4 Å². The lowest BCUT2D eigenvalue weighted by atomic mass is 10.2. The summed E-state index contributed by atoms with van der Waals surface area (Å²) in [7, 11) is 0. The van der Waals surface area contributed by atoms with Crippen molar-refractivity contribution in [2.24, 2.45) is 0 Å². The van der Waals surface area contributed by atoms with E-state index in [-0.39, 0.29) is 18.9 Å².